The molecule has 0 aliphatic carbocycles. The fraction of sp³-hybridized carbons (Fsp3) is 0.455. The van der Waals surface area contributed by atoms with Gasteiger partial charge in [-0.05, 0) is 26.0 Å². The van der Waals surface area contributed by atoms with Gasteiger partial charge in [0.15, 0.2) is 0 Å². The van der Waals surface area contributed by atoms with E-state index in [2.05, 4.69) is 41.1 Å². The Kier molecular flexibility index (Phi) is 3.60. The normalized spacial score (nSPS) is 12.4. The maximum absolute atomic E-state index is 5.26. The van der Waals surface area contributed by atoms with Crippen LogP contribution in [-0.2, 0) is 13.1 Å². The van der Waals surface area contributed by atoms with Crippen molar-refractivity contribution in [3.05, 3.63) is 24.0 Å². The van der Waals surface area contributed by atoms with Crippen LogP contribution in [0, 0.1) is 12.3 Å². The number of hydrogen-bond acceptors (Lipinski definition) is 1. The van der Waals surface area contributed by atoms with E-state index in [1.54, 1.807) is 0 Å². The van der Waals surface area contributed by atoms with Crippen LogP contribution in [0.3, 0.4) is 0 Å². The van der Waals surface area contributed by atoms with Gasteiger partial charge in [-0.3, -0.25) is 5.32 Å². The average Bonchev–Trinajstić information content (AvgIpc) is 2.61. The fourth-order valence-corrected chi connectivity index (χ4v) is 1.24. The van der Waals surface area contributed by atoms with Gasteiger partial charge in [0.05, 0.1) is 6.04 Å². The topological polar surface area (TPSA) is 17.0 Å². The van der Waals surface area contributed by atoms with Gasteiger partial charge >= 0.3 is 0 Å². The molecule has 1 unspecified atom stereocenters. The van der Waals surface area contributed by atoms with E-state index in [-0.39, 0.29) is 6.04 Å². The molecule has 0 fully saturated rings. The van der Waals surface area contributed by atoms with Crippen molar-refractivity contribution in [2.45, 2.75) is 33.0 Å². The molecule has 0 aliphatic rings. The molecule has 1 atom stereocenters. The van der Waals surface area contributed by atoms with Crippen LogP contribution in [-0.4, -0.2) is 10.6 Å². The van der Waals surface area contributed by atoms with Crippen LogP contribution in [0.1, 0.15) is 19.5 Å². The SMILES string of the molecule is C#CC(C)NCc1cccn1CC. The Balaban J connectivity index is 2.50. The predicted molar refractivity (Wildman–Crippen MR) is 55.2 cm³/mol. The molecule has 0 radical (unpaired) electrons. The zero-order valence-electron chi connectivity index (χ0n) is 8.25. The second kappa shape index (κ2) is 4.74. The van der Waals surface area contributed by atoms with Gasteiger partial charge in [-0.25, -0.2) is 0 Å². The quantitative estimate of drug-likeness (QED) is 0.690. The number of nitrogens with one attached hydrogen (secondary N) is 1. The fourth-order valence-electron chi connectivity index (χ4n) is 1.24. The third kappa shape index (κ3) is 2.64. The highest BCUT2D eigenvalue weighted by atomic mass is 15.0. The standard InChI is InChI=1S/C11H16N2/c1-4-10(3)12-9-11-7-6-8-13(11)5-2/h1,6-8,10,12H,5,9H2,2-3H3. The van der Waals surface area contributed by atoms with E-state index < -0.39 is 0 Å². The lowest BCUT2D eigenvalue weighted by molar-refractivity contribution is 0.603. The zero-order valence-corrected chi connectivity index (χ0v) is 8.25. The van der Waals surface area contributed by atoms with Crippen LogP contribution >= 0.6 is 0 Å². The van der Waals surface area contributed by atoms with Crippen LogP contribution in [0.15, 0.2) is 18.3 Å². The van der Waals surface area contributed by atoms with Crippen LogP contribution in [0.4, 0.5) is 0 Å². The summed E-state index contributed by atoms with van der Waals surface area (Å²) in [6.07, 6.45) is 7.34. The van der Waals surface area contributed by atoms with E-state index in [0.717, 1.165) is 13.1 Å². The van der Waals surface area contributed by atoms with E-state index in [1.807, 2.05) is 6.92 Å². The molecule has 1 rings (SSSR count). The molecule has 0 bridgehead atoms. The molecule has 1 heterocycles. The summed E-state index contributed by atoms with van der Waals surface area (Å²) < 4.78 is 2.20. The van der Waals surface area contributed by atoms with Crippen molar-refractivity contribution in [1.29, 1.82) is 0 Å². The lowest BCUT2D eigenvalue weighted by Gasteiger charge is -2.09. The molecular formula is C11H16N2. The lowest BCUT2D eigenvalue weighted by Crippen LogP contribution is -2.24. The molecule has 0 saturated carbocycles. The third-order valence-corrected chi connectivity index (χ3v) is 2.10. The first-order chi connectivity index (χ1) is 6.27. The van der Waals surface area contributed by atoms with E-state index >= 15 is 0 Å². The van der Waals surface area contributed by atoms with Crippen LogP contribution in [0.25, 0.3) is 0 Å². The maximum Gasteiger partial charge on any atom is 0.0661 e. The van der Waals surface area contributed by atoms with E-state index in [9.17, 15) is 0 Å². The summed E-state index contributed by atoms with van der Waals surface area (Å²) in [6, 6.07) is 4.31. The van der Waals surface area contributed by atoms with Crippen LogP contribution in [0.5, 0.6) is 0 Å². The number of rotatable bonds is 4. The Bertz CT molecular complexity index is 293. The minimum atomic E-state index is 0.139. The molecule has 1 aromatic rings. The van der Waals surface area contributed by atoms with E-state index in [1.165, 1.54) is 5.69 Å². The molecule has 70 valence electrons. The lowest BCUT2D eigenvalue weighted by atomic mass is 10.3. The molecular weight excluding hydrogens is 160 g/mol. The second-order valence-electron chi connectivity index (χ2n) is 3.05. The van der Waals surface area contributed by atoms with Crippen molar-refractivity contribution in [3.63, 3.8) is 0 Å². The van der Waals surface area contributed by atoms with Gasteiger partial charge in [-0.2, -0.15) is 0 Å². The summed E-state index contributed by atoms with van der Waals surface area (Å²) in [5.41, 5.74) is 1.28. The van der Waals surface area contributed by atoms with Crippen LogP contribution < -0.4 is 5.32 Å². The van der Waals surface area contributed by atoms with E-state index in [0.29, 0.717) is 0 Å². The van der Waals surface area contributed by atoms with Gasteiger partial charge in [0.2, 0.25) is 0 Å². The number of terminal acetylenes is 1. The first-order valence-corrected chi connectivity index (χ1v) is 4.61. The largest absolute Gasteiger partial charge is 0.351 e. The molecule has 0 saturated heterocycles. The molecule has 0 amide bonds. The predicted octanol–water partition coefficient (Wildman–Crippen LogP) is 1.62. The maximum atomic E-state index is 5.26. The zero-order chi connectivity index (χ0) is 9.68. The molecule has 1 aromatic heterocycles. The van der Waals surface area contributed by atoms with Crippen molar-refractivity contribution in [1.82, 2.24) is 9.88 Å². The molecule has 0 aliphatic heterocycles. The highest BCUT2D eigenvalue weighted by Crippen LogP contribution is 2.01. The van der Waals surface area contributed by atoms with Crippen molar-refractivity contribution >= 4 is 0 Å². The molecule has 0 aromatic carbocycles. The summed E-state index contributed by atoms with van der Waals surface area (Å²) >= 11 is 0. The van der Waals surface area contributed by atoms with Gasteiger partial charge in [-0.15, -0.1) is 6.42 Å². The number of nitrogens with zero attached hydrogens (tertiary/aromatic N) is 1. The Morgan fingerprint density at radius 2 is 2.46 bits per heavy atom. The van der Waals surface area contributed by atoms with Crippen molar-refractivity contribution < 1.29 is 0 Å². The third-order valence-electron chi connectivity index (χ3n) is 2.10. The monoisotopic (exact) mass is 176 g/mol. The van der Waals surface area contributed by atoms with Gasteiger partial charge in [0, 0.05) is 25.0 Å². The molecule has 0 spiro atoms. The Hall–Kier alpha value is -1.20. The number of hydrogen-bond donors (Lipinski definition) is 1. The summed E-state index contributed by atoms with van der Waals surface area (Å²) in [7, 11) is 0. The highest BCUT2D eigenvalue weighted by molar-refractivity contribution is 5.08. The summed E-state index contributed by atoms with van der Waals surface area (Å²) in [5.74, 6) is 2.64. The average molecular weight is 176 g/mol. The number of aryl methyl sites for hydroxylation is 1. The van der Waals surface area contributed by atoms with Crippen molar-refractivity contribution in [2.75, 3.05) is 0 Å². The Morgan fingerprint density at radius 3 is 3.08 bits per heavy atom. The molecule has 2 heteroatoms. The summed E-state index contributed by atoms with van der Waals surface area (Å²) in [4.78, 5) is 0. The number of aromatic nitrogens is 1. The van der Waals surface area contributed by atoms with Gasteiger partial charge in [0.25, 0.3) is 0 Å². The molecule has 2 nitrogen and oxygen atoms in total. The highest BCUT2D eigenvalue weighted by Gasteiger charge is 2.00. The smallest absolute Gasteiger partial charge is 0.0661 e. The van der Waals surface area contributed by atoms with Gasteiger partial charge in [-0.1, -0.05) is 5.92 Å². The minimum absolute atomic E-state index is 0.139. The molecule has 13 heavy (non-hydrogen) atoms. The second-order valence-corrected chi connectivity index (χ2v) is 3.05. The van der Waals surface area contributed by atoms with Gasteiger partial charge in [0.1, 0.15) is 0 Å². The first-order valence-electron chi connectivity index (χ1n) is 4.61. The minimum Gasteiger partial charge on any atom is -0.351 e. The van der Waals surface area contributed by atoms with Crippen molar-refractivity contribution in [3.8, 4) is 12.3 Å². The molecule has 1 N–H and O–H groups in total. The van der Waals surface area contributed by atoms with Crippen LogP contribution in [0.2, 0.25) is 0 Å². The van der Waals surface area contributed by atoms with E-state index in [4.69, 9.17) is 6.42 Å². The van der Waals surface area contributed by atoms with Crippen molar-refractivity contribution in [2.24, 2.45) is 0 Å². The Morgan fingerprint density at radius 1 is 1.69 bits per heavy atom. The first kappa shape index (κ1) is 9.88. The Labute approximate surface area is 80.0 Å². The summed E-state index contributed by atoms with van der Waals surface area (Å²) in [5, 5.41) is 3.25. The van der Waals surface area contributed by atoms with Gasteiger partial charge < -0.3 is 4.57 Å². The summed E-state index contributed by atoms with van der Waals surface area (Å²) in [6.45, 7) is 5.97.